The van der Waals surface area contributed by atoms with Crippen molar-refractivity contribution in [3.63, 3.8) is 0 Å². The minimum atomic E-state index is 0.602. The van der Waals surface area contributed by atoms with Gasteiger partial charge >= 0.3 is 0 Å². The van der Waals surface area contributed by atoms with Crippen molar-refractivity contribution in [2.45, 2.75) is 12.8 Å². The molecule has 0 saturated carbocycles. The van der Waals surface area contributed by atoms with Crippen molar-refractivity contribution in [3.05, 3.63) is 169 Å². The van der Waals surface area contributed by atoms with Crippen LogP contribution in [0.3, 0.4) is 0 Å². The highest BCUT2D eigenvalue weighted by Crippen LogP contribution is 2.33. The molecule has 0 atom stereocenters. The second-order valence-electron chi connectivity index (χ2n) is 14.2. The van der Waals surface area contributed by atoms with E-state index >= 15 is 0 Å². The number of allylic oxidation sites excluding steroid dienone is 1. The average Bonchev–Trinajstić information content (AvgIpc) is 3.28. The summed E-state index contributed by atoms with van der Waals surface area (Å²) in [6.07, 6.45) is 13.9. The zero-order valence-corrected chi connectivity index (χ0v) is 30.1. The number of aromatic nitrogens is 7. The van der Waals surface area contributed by atoms with Gasteiger partial charge in [-0.25, -0.2) is 15.0 Å². The van der Waals surface area contributed by atoms with Gasteiger partial charge in [0.05, 0.1) is 22.1 Å². The van der Waals surface area contributed by atoms with Crippen molar-refractivity contribution in [1.82, 2.24) is 34.9 Å². The number of benzene rings is 5. The van der Waals surface area contributed by atoms with Crippen LogP contribution in [0.1, 0.15) is 17.5 Å². The van der Waals surface area contributed by atoms with E-state index in [1.807, 2.05) is 36.9 Å². The number of hydrogen-bond donors (Lipinski definition) is 0. The molecule has 5 heterocycles. The maximum absolute atomic E-state index is 5.14. The van der Waals surface area contributed by atoms with Gasteiger partial charge in [0, 0.05) is 74.1 Å². The number of aryl methyl sites for hydroxylation is 1. The van der Waals surface area contributed by atoms with E-state index in [1.165, 1.54) is 11.1 Å². The van der Waals surface area contributed by atoms with Crippen molar-refractivity contribution in [2.75, 3.05) is 0 Å². The summed E-state index contributed by atoms with van der Waals surface area (Å²) in [5.74, 6) is 1.84. The molecule has 0 aliphatic heterocycles. The van der Waals surface area contributed by atoms with Crippen molar-refractivity contribution >= 4 is 49.7 Å². The normalized spacial score (nSPS) is 12.4. The fraction of sp³-hybridized carbons (Fsp3) is 0.0408. The Kier molecular flexibility index (Phi) is 7.48. The second kappa shape index (κ2) is 13.1. The van der Waals surface area contributed by atoms with E-state index in [4.69, 9.17) is 24.9 Å². The molecule has 0 fully saturated rings. The molecular weight excluding hydrogens is 687 g/mol. The smallest absolute Gasteiger partial charge is 0.164 e. The third-order valence-electron chi connectivity index (χ3n) is 10.7. The predicted octanol–water partition coefficient (Wildman–Crippen LogP) is 11.4. The van der Waals surface area contributed by atoms with Gasteiger partial charge in [-0.2, -0.15) is 0 Å². The molecule has 0 N–H and O–H groups in total. The summed E-state index contributed by atoms with van der Waals surface area (Å²) < 4.78 is 0. The number of rotatable bonds is 5. The molecular formula is C49H31N7. The van der Waals surface area contributed by atoms with Crippen LogP contribution in [0.25, 0.3) is 106 Å². The lowest BCUT2D eigenvalue weighted by Crippen LogP contribution is -2.02. The Morgan fingerprint density at radius 3 is 1.45 bits per heavy atom. The number of hydrogen-bond acceptors (Lipinski definition) is 7. The van der Waals surface area contributed by atoms with E-state index in [9.17, 15) is 0 Å². The molecule has 0 unspecified atom stereocenters. The van der Waals surface area contributed by atoms with E-state index in [0.717, 1.165) is 95.4 Å². The maximum atomic E-state index is 5.14. The Labute approximate surface area is 322 Å². The third kappa shape index (κ3) is 5.65. The van der Waals surface area contributed by atoms with Crippen LogP contribution < -0.4 is 0 Å². The van der Waals surface area contributed by atoms with Gasteiger partial charge in [0.15, 0.2) is 17.5 Å². The highest BCUT2D eigenvalue weighted by molar-refractivity contribution is 6.04. The molecule has 0 radical (unpaired) electrons. The summed E-state index contributed by atoms with van der Waals surface area (Å²) in [6, 6.07) is 44.0. The first-order valence-corrected chi connectivity index (χ1v) is 18.7. The monoisotopic (exact) mass is 717 g/mol. The van der Waals surface area contributed by atoms with Gasteiger partial charge in [-0.3, -0.25) is 19.9 Å². The Bertz CT molecular complexity index is 3040. The highest BCUT2D eigenvalue weighted by atomic mass is 15.0. The minimum Gasteiger partial charge on any atom is -0.254 e. The summed E-state index contributed by atoms with van der Waals surface area (Å²) in [5.41, 5.74) is 13.0. The van der Waals surface area contributed by atoms with E-state index in [-0.39, 0.29) is 0 Å². The Morgan fingerprint density at radius 2 is 0.875 bits per heavy atom. The Balaban J connectivity index is 1.02. The van der Waals surface area contributed by atoms with Crippen molar-refractivity contribution in [3.8, 4) is 56.4 Å². The van der Waals surface area contributed by atoms with Crippen LogP contribution in [-0.4, -0.2) is 34.9 Å². The first-order chi connectivity index (χ1) is 27.7. The van der Waals surface area contributed by atoms with E-state index in [2.05, 4.69) is 137 Å². The predicted molar refractivity (Wildman–Crippen MR) is 226 cm³/mol. The van der Waals surface area contributed by atoms with Crippen LogP contribution in [0.2, 0.25) is 0 Å². The maximum Gasteiger partial charge on any atom is 0.164 e. The van der Waals surface area contributed by atoms with Crippen LogP contribution in [0.15, 0.2) is 158 Å². The van der Waals surface area contributed by atoms with Gasteiger partial charge in [-0.1, -0.05) is 97.1 Å². The van der Waals surface area contributed by atoms with Gasteiger partial charge in [0.2, 0.25) is 0 Å². The average molecular weight is 718 g/mol. The number of fused-ring (bicyclic) bond motifs is 7. The van der Waals surface area contributed by atoms with Gasteiger partial charge in [-0.05, 0) is 77.6 Å². The molecule has 7 heteroatoms. The molecule has 10 aromatic rings. The molecule has 0 bridgehead atoms. The van der Waals surface area contributed by atoms with E-state index < -0.39 is 0 Å². The minimum absolute atomic E-state index is 0.602. The van der Waals surface area contributed by atoms with Crippen molar-refractivity contribution in [1.29, 1.82) is 0 Å². The molecule has 5 aromatic carbocycles. The third-order valence-corrected chi connectivity index (χ3v) is 10.7. The fourth-order valence-corrected chi connectivity index (χ4v) is 7.80. The molecule has 5 aromatic heterocycles. The summed E-state index contributed by atoms with van der Waals surface area (Å²) in [4.78, 5) is 34.4. The van der Waals surface area contributed by atoms with E-state index in [1.54, 1.807) is 0 Å². The van der Waals surface area contributed by atoms with Gasteiger partial charge < -0.3 is 0 Å². The standard InChI is InChI=1S/C49H31N7/c1-2-8-33-23-40(20-15-30(33)7-1)49-55-47(38-11-3-9-34(24-38)41-26-36-18-16-31-13-5-21-50-43(31)45(36)52-28-41)54-48(56-49)39-12-4-10-35(25-39)42-27-37-19-17-32-14-6-22-51-44(32)46(37)53-29-42/h1,3-7,9-29H,2,8H2. The lowest BCUT2D eigenvalue weighted by atomic mass is 9.95. The topological polar surface area (TPSA) is 90.2 Å². The summed E-state index contributed by atoms with van der Waals surface area (Å²) in [7, 11) is 0. The fourth-order valence-electron chi connectivity index (χ4n) is 7.80. The molecule has 262 valence electrons. The molecule has 11 rings (SSSR count). The van der Waals surface area contributed by atoms with Crippen LogP contribution in [0, 0.1) is 0 Å². The number of pyridine rings is 4. The zero-order chi connectivity index (χ0) is 37.0. The first kappa shape index (κ1) is 32.0. The molecule has 56 heavy (non-hydrogen) atoms. The summed E-state index contributed by atoms with van der Waals surface area (Å²) >= 11 is 0. The molecule has 1 aliphatic carbocycles. The Morgan fingerprint density at radius 1 is 0.375 bits per heavy atom. The molecule has 0 saturated heterocycles. The molecule has 1 aliphatic rings. The second-order valence-corrected chi connectivity index (χ2v) is 14.2. The highest BCUT2D eigenvalue weighted by Gasteiger charge is 2.16. The first-order valence-electron chi connectivity index (χ1n) is 18.7. The SMILES string of the molecule is C1=Cc2ccc(-c3nc(-c4cccc(-c5cnc6c(ccc7cccnc76)c5)c4)nc(-c4cccc(-c5cnc6c(ccc7cccnc76)c5)c4)n3)cc2CC1. The van der Waals surface area contributed by atoms with Gasteiger partial charge in [0.1, 0.15) is 0 Å². The van der Waals surface area contributed by atoms with Crippen molar-refractivity contribution in [2.24, 2.45) is 0 Å². The lowest BCUT2D eigenvalue weighted by molar-refractivity contribution is 0.984. The van der Waals surface area contributed by atoms with Gasteiger partial charge in [-0.15, -0.1) is 0 Å². The quantitative estimate of drug-likeness (QED) is 0.164. The van der Waals surface area contributed by atoms with E-state index in [0.29, 0.717) is 17.5 Å². The molecule has 0 amide bonds. The van der Waals surface area contributed by atoms with Crippen LogP contribution >= 0.6 is 0 Å². The number of nitrogens with zero attached hydrogens (tertiary/aromatic N) is 7. The largest absolute Gasteiger partial charge is 0.254 e. The van der Waals surface area contributed by atoms with Crippen LogP contribution in [0.4, 0.5) is 0 Å². The Hall–Kier alpha value is -7.51. The van der Waals surface area contributed by atoms with Crippen LogP contribution in [0.5, 0.6) is 0 Å². The summed E-state index contributed by atoms with van der Waals surface area (Å²) in [6.45, 7) is 0. The van der Waals surface area contributed by atoms with Gasteiger partial charge in [0.25, 0.3) is 0 Å². The van der Waals surface area contributed by atoms with Crippen molar-refractivity contribution < 1.29 is 0 Å². The zero-order valence-electron chi connectivity index (χ0n) is 30.1. The summed E-state index contributed by atoms with van der Waals surface area (Å²) in [5, 5.41) is 4.23. The molecule has 7 nitrogen and oxygen atoms in total. The lowest BCUT2D eigenvalue weighted by Gasteiger charge is -2.13. The molecule has 0 spiro atoms. The van der Waals surface area contributed by atoms with Crippen LogP contribution in [-0.2, 0) is 6.42 Å².